The first-order chi connectivity index (χ1) is 30.4. The number of rotatable bonds is 6. The van der Waals surface area contributed by atoms with E-state index >= 15 is 9.59 Å². The molecule has 2 aromatic carbocycles. The highest BCUT2D eigenvalue weighted by Gasteiger charge is 2.53. The predicted molar refractivity (Wildman–Crippen MR) is 238 cm³/mol. The van der Waals surface area contributed by atoms with Crippen LogP contribution >= 0.6 is 0 Å². The average Bonchev–Trinajstić information content (AvgIpc) is 3.52. The number of aliphatic hydroxyl groups excluding tert-OH is 2. The number of ether oxygens (including phenoxy) is 6. The van der Waals surface area contributed by atoms with Crippen LogP contribution in [0.1, 0.15) is 106 Å². The number of allylic oxidation sites excluding steroid dienone is 4. The number of fused-ring (bicyclic) bond motifs is 14. The van der Waals surface area contributed by atoms with Crippen molar-refractivity contribution in [3.05, 3.63) is 94.1 Å². The van der Waals surface area contributed by atoms with Crippen LogP contribution in [-0.2, 0) is 28.6 Å². The van der Waals surface area contributed by atoms with E-state index in [0.717, 1.165) is 6.26 Å². The van der Waals surface area contributed by atoms with Crippen molar-refractivity contribution in [2.75, 3.05) is 19.5 Å². The predicted octanol–water partition coefficient (Wildman–Crippen LogP) is 6.32. The van der Waals surface area contributed by atoms with E-state index in [1.807, 2.05) is 0 Å². The van der Waals surface area contributed by atoms with Crippen molar-refractivity contribution in [3.8, 4) is 17.2 Å². The Labute approximate surface area is 379 Å². The van der Waals surface area contributed by atoms with Gasteiger partial charge in [0.15, 0.2) is 0 Å². The normalized spacial score (nSPS) is 29.4. The number of Topliss-reactive ketones (excluding diaryl/α,β-unsaturated/α-hetero) is 3. The molecule has 3 aliphatic heterocycles. The van der Waals surface area contributed by atoms with Crippen molar-refractivity contribution < 1.29 is 67.4 Å². The summed E-state index contributed by atoms with van der Waals surface area (Å²) < 4.78 is 35.1. The van der Waals surface area contributed by atoms with Crippen LogP contribution in [0.2, 0.25) is 0 Å². The molecule has 16 heteroatoms. The molecule has 16 nitrogen and oxygen atoms in total. The number of methoxy groups -OCH3 is 2. The number of carbonyl (C=O) groups excluding carboxylic acids is 6. The minimum absolute atomic E-state index is 0.0248. The lowest BCUT2D eigenvalue weighted by atomic mass is 9.78. The van der Waals surface area contributed by atoms with E-state index in [-0.39, 0.29) is 28.2 Å². The van der Waals surface area contributed by atoms with Gasteiger partial charge in [0, 0.05) is 61.5 Å². The number of carbonyl (C=O) groups is 6. The third-order valence-corrected chi connectivity index (χ3v) is 12.1. The highest BCUT2D eigenvalue weighted by molar-refractivity contribution is 6.33. The fourth-order valence-electron chi connectivity index (χ4n) is 7.99. The number of esters is 2. The lowest BCUT2D eigenvalue weighted by Gasteiger charge is -2.38. The third-order valence-electron chi connectivity index (χ3n) is 12.1. The Bertz CT molecular complexity index is 2370. The lowest BCUT2D eigenvalue weighted by molar-refractivity contribution is -0.160. The van der Waals surface area contributed by atoms with Gasteiger partial charge in [0.05, 0.1) is 53.8 Å². The van der Waals surface area contributed by atoms with Gasteiger partial charge in [-0.2, -0.15) is 0 Å². The number of hydrogen-bond donors (Lipinski definition) is 4. The second-order valence-electron chi connectivity index (χ2n) is 18.0. The van der Waals surface area contributed by atoms with E-state index < -0.39 is 117 Å². The molecule has 3 heterocycles. The first-order valence-corrected chi connectivity index (χ1v) is 21.4. The van der Waals surface area contributed by atoms with E-state index in [4.69, 9.17) is 28.4 Å². The van der Waals surface area contributed by atoms with E-state index in [0.29, 0.717) is 11.4 Å². The van der Waals surface area contributed by atoms with Crippen LogP contribution in [0.15, 0.2) is 71.8 Å². The Hall–Kier alpha value is -6.10. The average molecular weight is 901 g/mol. The van der Waals surface area contributed by atoms with Gasteiger partial charge in [-0.15, -0.1) is 0 Å². The van der Waals surface area contributed by atoms with E-state index in [1.165, 1.54) is 54.1 Å². The molecule has 0 aromatic heterocycles. The summed E-state index contributed by atoms with van der Waals surface area (Å²) in [7, 11) is 2.89. The van der Waals surface area contributed by atoms with Gasteiger partial charge in [0.1, 0.15) is 34.7 Å². The number of aliphatic hydroxyl groups is 2. The second-order valence-corrected chi connectivity index (χ2v) is 18.0. The van der Waals surface area contributed by atoms with E-state index in [1.54, 1.807) is 84.9 Å². The molecule has 6 rings (SSSR count). The minimum Gasteiger partial charge on any atom is -0.497 e. The lowest BCUT2D eigenvalue weighted by Crippen LogP contribution is -2.46. The Morgan fingerprint density at radius 3 is 2.09 bits per heavy atom. The maximum absolute atomic E-state index is 15.1. The topological polar surface area (TPSA) is 222 Å². The Kier molecular flexibility index (Phi) is 15.0. The van der Waals surface area contributed by atoms with Gasteiger partial charge in [-0.1, -0.05) is 45.9 Å². The number of benzene rings is 2. The summed E-state index contributed by atoms with van der Waals surface area (Å²) in [6.07, 6.45) is 3.19. The second kappa shape index (κ2) is 19.6. The van der Waals surface area contributed by atoms with Gasteiger partial charge in [-0.25, -0.2) is 0 Å². The molecule has 0 radical (unpaired) electrons. The smallest absolute Gasteiger partial charge is 0.316 e. The summed E-state index contributed by atoms with van der Waals surface area (Å²) in [5.41, 5.74) is -2.81. The maximum Gasteiger partial charge on any atom is 0.316 e. The highest BCUT2D eigenvalue weighted by Crippen LogP contribution is 2.49. The monoisotopic (exact) mass is 900 g/mol. The summed E-state index contributed by atoms with van der Waals surface area (Å²) in [4.78, 5) is 84.9. The zero-order chi connectivity index (χ0) is 48.5. The Balaban J connectivity index is 1.76. The summed E-state index contributed by atoms with van der Waals surface area (Å²) in [6.45, 7) is 17.1. The summed E-state index contributed by atoms with van der Waals surface area (Å²) in [6, 6.07) is 6.37. The van der Waals surface area contributed by atoms with E-state index in [9.17, 15) is 29.4 Å². The Morgan fingerprint density at radius 2 is 1.51 bits per heavy atom. The van der Waals surface area contributed by atoms with Gasteiger partial charge >= 0.3 is 17.7 Å². The molecule has 65 heavy (non-hydrogen) atoms. The molecule has 0 unspecified atom stereocenters. The maximum atomic E-state index is 15.1. The standard InChI is InChI=1S/C49H60N2O14/c1-23-15-14-16-24(2)46(58)51-37-36(50-30-17-19-31(60-12)20-18-30)40(55)33-34(41(37)56)43(64-47(59)48(8,9)10)28(6)44-35(33)45(57)49(11,65-44)62-22-21-32(61-13)25(3)42(63-29(7)52)27(5)39(54)26(4)38(23)53/h14-23,25-27,32,38-39,42,50,53-54H,1-13H3,(H,51,58)/b15-14-,22-21-,24-16-/t23-,25+,26+,27-,32-,38-,39-,42+,49-/m1/s1. The number of anilines is 1. The van der Waals surface area contributed by atoms with Crippen LogP contribution in [0.3, 0.4) is 0 Å². The van der Waals surface area contributed by atoms with Gasteiger partial charge < -0.3 is 49.3 Å². The molecule has 1 amide bonds. The van der Waals surface area contributed by atoms with Crippen LogP contribution in [0.25, 0.3) is 0 Å². The molecular weight excluding hydrogens is 841 g/mol. The summed E-state index contributed by atoms with van der Waals surface area (Å²) >= 11 is 0. The van der Waals surface area contributed by atoms with Gasteiger partial charge in [-0.3, -0.25) is 28.8 Å². The number of ketones is 3. The van der Waals surface area contributed by atoms with Crippen LogP contribution < -0.4 is 24.8 Å². The molecule has 350 valence electrons. The number of hydrogen-bond acceptors (Lipinski definition) is 15. The molecule has 9 atom stereocenters. The highest BCUT2D eigenvalue weighted by atomic mass is 16.7. The van der Waals surface area contributed by atoms with Crippen molar-refractivity contribution in [1.29, 1.82) is 0 Å². The van der Waals surface area contributed by atoms with Crippen molar-refractivity contribution in [3.63, 3.8) is 0 Å². The summed E-state index contributed by atoms with van der Waals surface area (Å²) in [5.74, 6) is -9.77. The fraction of sp³-hybridized carbons (Fsp3) is 0.469. The zero-order valence-corrected chi connectivity index (χ0v) is 39.1. The van der Waals surface area contributed by atoms with Crippen molar-refractivity contribution in [1.82, 2.24) is 5.32 Å². The first-order valence-electron chi connectivity index (χ1n) is 21.4. The molecule has 1 aliphatic carbocycles. The molecule has 0 saturated heterocycles. The molecule has 0 fully saturated rings. The first kappa shape index (κ1) is 49.9. The van der Waals surface area contributed by atoms with Crippen LogP contribution in [0.4, 0.5) is 5.69 Å². The minimum atomic E-state index is -2.17. The van der Waals surface area contributed by atoms with Crippen LogP contribution in [0, 0.1) is 36.0 Å². The van der Waals surface area contributed by atoms with Crippen molar-refractivity contribution in [2.45, 2.75) is 106 Å². The third kappa shape index (κ3) is 10.1. The fourth-order valence-corrected chi connectivity index (χ4v) is 7.99. The number of amides is 1. The van der Waals surface area contributed by atoms with Gasteiger partial charge in [0.25, 0.3) is 11.7 Å². The van der Waals surface area contributed by atoms with Gasteiger partial charge in [-0.05, 0) is 65.0 Å². The largest absolute Gasteiger partial charge is 0.497 e. The summed E-state index contributed by atoms with van der Waals surface area (Å²) in [5, 5.41) is 28.6. The quantitative estimate of drug-likeness (QED) is 0.184. The van der Waals surface area contributed by atoms with Crippen LogP contribution in [0.5, 0.6) is 17.2 Å². The van der Waals surface area contributed by atoms with Crippen LogP contribution in [-0.4, -0.2) is 89.8 Å². The van der Waals surface area contributed by atoms with Crippen molar-refractivity contribution >= 4 is 40.9 Å². The molecular formula is C49H60N2O14. The molecule has 4 aliphatic rings. The zero-order valence-electron chi connectivity index (χ0n) is 39.1. The van der Waals surface area contributed by atoms with E-state index in [2.05, 4.69) is 10.6 Å². The number of nitrogens with one attached hydrogen (secondary N) is 2. The Morgan fingerprint density at radius 1 is 0.862 bits per heavy atom. The van der Waals surface area contributed by atoms with Crippen molar-refractivity contribution in [2.24, 2.45) is 29.1 Å². The SMILES string of the molecule is COc1ccc(NC2=C3NC(=O)/C(C)=C\C=C/[C@@H](C)[C@@H](O)[C@H](C)[C@@H](O)[C@@H](C)[C@@H](OC(C)=O)[C@@H](C)[C@H](OC)/C=C\O[C@]4(C)Oc5c(C)c(OC(=O)C(C)(C)C)c(c(c5C4=O)C2=O)C3=O)cc1. The molecule has 4 N–H and O–H groups in total. The molecule has 0 saturated carbocycles. The molecule has 2 aromatic rings. The molecule has 0 spiro atoms. The van der Waals surface area contributed by atoms with Gasteiger partial charge in [0.2, 0.25) is 11.6 Å². The molecule has 5 bridgehead atoms.